The number of nitrogens with one attached hydrogen (secondary N) is 2. The van der Waals surface area contributed by atoms with Crippen molar-refractivity contribution in [3.05, 3.63) is 18.5 Å². The fourth-order valence-corrected chi connectivity index (χ4v) is 5.70. The van der Waals surface area contributed by atoms with Crippen LogP contribution in [0.25, 0.3) is 22.3 Å². The van der Waals surface area contributed by atoms with Gasteiger partial charge in [0.15, 0.2) is 5.82 Å². The van der Waals surface area contributed by atoms with E-state index in [2.05, 4.69) is 25.6 Å². The molecule has 10 nitrogen and oxygen atoms in total. The van der Waals surface area contributed by atoms with Gasteiger partial charge in [-0.15, -0.1) is 0 Å². The van der Waals surface area contributed by atoms with Crippen LogP contribution in [0.1, 0.15) is 46.0 Å². The number of pyridine rings is 1. The lowest BCUT2D eigenvalue weighted by molar-refractivity contribution is -0.192. The molecule has 0 unspecified atom stereocenters. The summed E-state index contributed by atoms with van der Waals surface area (Å²) in [7, 11) is 0. The van der Waals surface area contributed by atoms with Gasteiger partial charge in [-0.25, -0.2) is 9.18 Å². The normalized spacial score (nSPS) is 20.4. The SMILES string of the molecule is CC(C)(F)Cn1nc(N2CC(N)(C(F)(F)F)C2)c2cnc(-c3[nH]ncc3NC(=O)N3CCCCC34CC4)cc21. The molecule has 1 spiro atoms. The van der Waals surface area contributed by atoms with Gasteiger partial charge in [0.25, 0.3) is 0 Å². The number of carbonyl (C=O) groups excluding carboxylic acids is 1. The highest BCUT2D eigenvalue weighted by Gasteiger charge is 2.60. The first-order valence-electron chi connectivity index (χ1n) is 13.1. The molecule has 3 aliphatic rings. The molecule has 2 amide bonds. The van der Waals surface area contributed by atoms with E-state index in [9.17, 15) is 22.4 Å². The van der Waals surface area contributed by atoms with Gasteiger partial charge in [-0.2, -0.15) is 23.4 Å². The number of nitrogens with two attached hydrogens (primary N) is 1. The van der Waals surface area contributed by atoms with Crippen molar-refractivity contribution in [3.63, 3.8) is 0 Å². The minimum atomic E-state index is -4.55. The van der Waals surface area contributed by atoms with Crippen LogP contribution < -0.4 is 16.0 Å². The highest BCUT2D eigenvalue weighted by molar-refractivity contribution is 5.96. The topological polar surface area (TPSA) is 121 Å². The number of alkyl halides is 4. The van der Waals surface area contributed by atoms with Gasteiger partial charge in [-0.3, -0.25) is 14.8 Å². The molecule has 5 heterocycles. The molecule has 14 heteroatoms. The number of piperidine rings is 1. The Morgan fingerprint density at radius 1 is 1.15 bits per heavy atom. The molecular weight excluding hydrogens is 518 g/mol. The molecule has 3 aromatic rings. The Kier molecular flexibility index (Phi) is 5.66. The van der Waals surface area contributed by atoms with E-state index in [4.69, 9.17) is 5.73 Å². The second-order valence-corrected chi connectivity index (χ2v) is 11.7. The zero-order chi connectivity index (χ0) is 27.8. The van der Waals surface area contributed by atoms with Crippen LogP contribution in [0.4, 0.5) is 33.9 Å². The number of hydrogen-bond donors (Lipinski definition) is 3. The number of aromatic nitrogens is 5. The smallest absolute Gasteiger partial charge is 0.350 e. The van der Waals surface area contributed by atoms with Crippen molar-refractivity contribution < 1.29 is 22.4 Å². The van der Waals surface area contributed by atoms with Crippen molar-refractivity contribution in [2.75, 3.05) is 29.9 Å². The summed E-state index contributed by atoms with van der Waals surface area (Å²) in [5.74, 6) is 0.261. The van der Waals surface area contributed by atoms with Crippen LogP contribution in [-0.2, 0) is 6.54 Å². The summed E-state index contributed by atoms with van der Waals surface area (Å²) in [5.41, 5.74) is 3.38. The maximum Gasteiger partial charge on any atom is 0.409 e. The number of carbonyl (C=O) groups is 1. The summed E-state index contributed by atoms with van der Waals surface area (Å²) in [6.07, 6.45) is 3.58. The number of likely N-dealkylation sites (tertiary alicyclic amines) is 1. The first kappa shape index (κ1) is 25.8. The number of aromatic amines is 1. The Hall–Kier alpha value is -3.42. The summed E-state index contributed by atoms with van der Waals surface area (Å²) in [5, 5.41) is 14.9. The molecular formula is C25H31F4N9O. The van der Waals surface area contributed by atoms with Crippen molar-refractivity contribution >= 4 is 28.4 Å². The lowest BCUT2D eigenvalue weighted by Gasteiger charge is -2.48. The van der Waals surface area contributed by atoms with E-state index in [0.717, 1.165) is 32.1 Å². The molecule has 210 valence electrons. The van der Waals surface area contributed by atoms with Crippen molar-refractivity contribution in [1.29, 1.82) is 0 Å². The molecule has 0 atom stereocenters. The molecule has 6 rings (SSSR count). The van der Waals surface area contributed by atoms with E-state index in [-0.39, 0.29) is 23.9 Å². The molecule has 0 radical (unpaired) electrons. The van der Waals surface area contributed by atoms with Gasteiger partial charge < -0.3 is 20.9 Å². The maximum absolute atomic E-state index is 14.7. The summed E-state index contributed by atoms with van der Waals surface area (Å²) >= 11 is 0. The van der Waals surface area contributed by atoms with E-state index in [1.165, 1.54) is 35.8 Å². The standard InChI is InChI=1S/C25H31F4N9O/c1-22(2,26)12-38-18-9-16(31-10-15(18)20(35-38)36-13-24(30,14-36)25(27,28)29)19-17(11-32-34-19)33-21(39)37-8-4-3-5-23(37)6-7-23/h9-11H,3-8,12-14,30H2,1-2H3,(H,32,34)(H,33,39). The quantitative estimate of drug-likeness (QED) is 0.411. The molecule has 1 saturated carbocycles. The Balaban J connectivity index is 1.31. The zero-order valence-corrected chi connectivity index (χ0v) is 21.8. The van der Waals surface area contributed by atoms with Crippen molar-refractivity contribution in [2.24, 2.45) is 5.73 Å². The van der Waals surface area contributed by atoms with Crippen LogP contribution in [0.2, 0.25) is 0 Å². The Morgan fingerprint density at radius 2 is 1.90 bits per heavy atom. The minimum Gasteiger partial charge on any atom is -0.350 e. The molecule has 2 aliphatic heterocycles. The van der Waals surface area contributed by atoms with E-state index in [1.807, 2.05) is 4.90 Å². The summed E-state index contributed by atoms with van der Waals surface area (Å²) in [6.45, 7) is 2.46. The molecule has 39 heavy (non-hydrogen) atoms. The lowest BCUT2D eigenvalue weighted by atomic mass is 9.90. The largest absolute Gasteiger partial charge is 0.409 e. The molecule has 1 aliphatic carbocycles. The van der Waals surface area contributed by atoms with Crippen molar-refractivity contribution in [2.45, 2.75) is 75.4 Å². The van der Waals surface area contributed by atoms with Gasteiger partial charge in [0.1, 0.15) is 16.9 Å². The first-order chi connectivity index (χ1) is 18.3. The number of fused-ring (bicyclic) bond motifs is 1. The van der Waals surface area contributed by atoms with E-state index in [1.54, 1.807) is 6.07 Å². The second kappa shape index (κ2) is 8.54. The summed E-state index contributed by atoms with van der Waals surface area (Å²) in [4.78, 5) is 21.0. The average molecular weight is 550 g/mol. The number of halogens is 4. The molecule has 0 aromatic carbocycles. The first-order valence-corrected chi connectivity index (χ1v) is 13.1. The third kappa shape index (κ3) is 4.47. The fraction of sp³-hybridized carbons (Fsp3) is 0.600. The van der Waals surface area contributed by atoms with Crippen molar-refractivity contribution in [3.8, 4) is 11.4 Å². The monoisotopic (exact) mass is 549 g/mol. The molecule has 3 fully saturated rings. The molecule has 0 bridgehead atoms. The van der Waals surface area contributed by atoms with Gasteiger partial charge in [0.2, 0.25) is 0 Å². The van der Waals surface area contributed by atoms with Gasteiger partial charge in [-0.05, 0) is 52.0 Å². The maximum atomic E-state index is 14.7. The number of amides is 2. The van der Waals surface area contributed by atoms with Crippen LogP contribution in [-0.4, -0.2) is 78.5 Å². The predicted octanol–water partition coefficient (Wildman–Crippen LogP) is 4.20. The van der Waals surface area contributed by atoms with Crippen LogP contribution in [0.5, 0.6) is 0 Å². The predicted molar refractivity (Wildman–Crippen MR) is 137 cm³/mol. The van der Waals surface area contributed by atoms with Crippen LogP contribution >= 0.6 is 0 Å². The van der Waals surface area contributed by atoms with Crippen LogP contribution in [0.15, 0.2) is 18.5 Å². The average Bonchev–Trinajstić information content (AvgIpc) is 3.28. The van der Waals surface area contributed by atoms with E-state index in [0.29, 0.717) is 34.5 Å². The van der Waals surface area contributed by atoms with Crippen molar-refractivity contribution in [1.82, 2.24) is 29.9 Å². The summed E-state index contributed by atoms with van der Waals surface area (Å²) in [6, 6.07) is 1.48. The number of anilines is 2. The molecule has 3 aromatic heterocycles. The fourth-order valence-electron chi connectivity index (χ4n) is 5.70. The van der Waals surface area contributed by atoms with Gasteiger partial charge in [0, 0.05) is 31.4 Å². The number of H-pyrrole nitrogens is 1. The number of nitrogens with zero attached hydrogens (tertiary/aromatic N) is 6. The van der Waals surface area contributed by atoms with Gasteiger partial charge >= 0.3 is 12.2 Å². The summed E-state index contributed by atoms with van der Waals surface area (Å²) < 4.78 is 56.1. The molecule has 2 saturated heterocycles. The highest BCUT2D eigenvalue weighted by atomic mass is 19.4. The molecule has 4 N–H and O–H groups in total. The number of hydrogen-bond acceptors (Lipinski definition) is 6. The van der Waals surface area contributed by atoms with Gasteiger partial charge in [0.05, 0.1) is 35.0 Å². The lowest BCUT2D eigenvalue weighted by Crippen LogP contribution is -2.74. The number of rotatable bonds is 5. The Morgan fingerprint density at radius 3 is 2.56 bits per heavy atom. The number of urea groups is 1. The minimum absolute atomic E-state index is 0.0322. The van der Waals surface area contributed by atoms with Crippen LogP contribution in [0, 0.1) is 0 Å². The Labute approximate surface area is 221 Å². The Bertz CT molecular complexity index is 1410. The zero-order valence-electron chi connectivity index (χ0n) is 21.8. The second-order valence-electron chi connectivity index (χ2n) is 11.7. The van der Waals surface area contributed by atoms with E-state index < -0.39 is 30.5 Å². The van der Waals surface area contributed by atoms with Crippen LogP contribution in [0.3, 0.4) is 0 Å². The third-order valence-electron chi connectivity index (χ3n) is 8.01. The third-order valence-corrected chi connectivity index (χ3v) is 8.01. The van der Waals surface area contributed by atoms with E-state index >= 15 is 0 Å². The highest BCUT2D eigenvalue weighted by Crippen LogP contribution is 2.48. The van der Waals surface area contributed by atoms with Gasteiger partial charge in [-0.1, -0.05) is 0 Å².